The Morgan fingerprint density at radius 2 is 1.83 bits per heavy atom. The number of nitrogens with zero attached hydrogens (tertiary/aromatic N) is 2. The second-order valence-electron chi connectivity index (χ2n) is 4.66. The number of guanidine groups is 1. The zero-order chi connectivity index (χ0) is 15.8. The van der Waals surface area contributed by atoms with Crippen molar-refractivity contribution in [2.24, 2.45) is 4.99 Å². The zero-order valence-electron chi connectivity index (χ0n) is 12.7. The first-order valence-electron chi connectivity index (χ1n) is 7.04. The van der Waals surface area contributed by atoms with E-state index in [2.05, 4.69) is 20.6 Å². The lowest BCUT2D eigenvalue weighted by Crippen LogP contribution is -2.36. The van der Waals surface area contributed by atoms with Crippen molar-refractivity contribution < 1.29 is 4.39 Å². The Hall–Kier alpha value is -1.41. The molecule has 0 aliphatic rings. The molecule has 0 fully saturated rings. The summed E-state index contributed by atoms with van der Waals surface area (Å²) in [4.78, 5) is 8.51. The third-order valence-electron chi connectivity index (χ3n) is 2.93. The molecule has 2 rings (SSSR count). The number of benzene rings is 1. The highest BCUT2D eigenvalue weighted by Crippen LogP contribution is 2.06. The topological polar surface area (TPSA) is 49.3 Å². The Bertz CT molecular complexity index is 617. The van der Waals surface area contributed by atoms with Gasteiger partial charge in [0.05, 0.1) is 6.54 Å². The smallest absolute Gasteiger partial charge is 0.191 e. The van der Waals surface area contributed by atoms with E-state index in [0.29, 0.717) is 24.2 Å². The van der Waals surface area contributed by atoms with Gasteiger partial charge in [0.25, 0.3) is 0 Å². The minimum absolute atomic E-state index is 0. The van der Waals surface area contributed by atoms with Gasteiger partial charge in [-0.05, 0) is 36.2 Å². The van der Waals surface area contributed by atoms with Gasteiger partial charge >= 0.3 is 0 Å². The van der Waals surface area contributed by atoms with Crippen molar-refractivity contribution in [1.29, 1.82) is 0 Å². The summed E-state index contributed by atoms with van der Waals surface area (Å²) in [6.07, 6.45) is 1.70. The van der Waals surface area contributed by atoms with Gasteiger partial charge in [-0.15, -0.1) is 24.0 Å². The average molecular weight is 449 g/mol. The molecule has 7 heteroatoms. The van der Waals surface area contributed by atoms with Crippen molar-refractivity contribution in [3.05, 3.63) is 64.7 Å². The van der Waals surface area contributed by atoms with Crippen LogP contribution in [-0.2, 0) is 13.1 Å². The van der Waals surface area contributed by atoms with Crippen molar-refractivity contribution in [2.75, 3.05) is 6.54 Å². The predicted molar refractivity (Wildman–Crippen MR) is 103 cm³/mol. The molecule has 0 bridgehead atoms. The van der Waals surface area contributed by atoms with Crippen LogP contribution in [0, 0.1) is 5.82 Å². The van der Waals surface area contributed by atoms with Gasteiger partial charge in [0, 0.05) is 19.3 Å². The summed E-state index contributed by atoms with van der Waals surface area (Å²) in [5.41, 5.74) is 1.96. The van der Waals surface area contributed by atoms with Crippen LogP contribution in [0.25, 0.3) is 0 Å². The quantitative estimate of drug-likeness (QED) is 0.317. The van der Waals surface area contributed by atoms with E-state index >= 15 is 0 Å². The van der Waals surface area contributed by atoms with E-state index in [4.69, 9.17) is 11.6 Å². The number of halogens is 3. The summed E-state index contributed by atoms with van der Waals surface area (Å²) < 4.78 is 12.9. The van der Waals surface area contributed by atoms with Gasteiger partial charge in [-0.2, -0.15) is 0 Å². The van der Waals surface area contributed by atoms with Crippen LogP contribution >= 0.6 is 35.6 Å². The highest BCUT2D eigenvalue weighted by molar-refractivity contribution is 14.0. The summed E-state index contributed by atoms with van der Waals surface area (Å²) in [5.74, 6) is 0.460. The Balaban J connectivity index is 0.00000264. The van der Waals surface area contributed by atoms with E-state index in [9.17, 15) is 4.39 Å². The van der Waals surface area contributed by atoms with Gasteiger partial charge < -0.3 is 10.6 Å². The first kappa shape index (κ1) is 19.6. The number of pyridine rings is 1. The van der Waals surface area contributed by atoms with Crippen molar-refractivity contribution in [3.8, 4) is 0 Å². The van der Waals surface area contributed by atoms with Gasteiger partial charge in [-0.3, -0.25) is 0 Å². The zero-order valence-corrected chi connectivity index (χ0v) is 15.8. The third kappa shape index (κ3) is 7.13. The summed E-state index contributed by atoms with van der Waals surface area (Å²) in [7, 11) is 0. The molecular weight excluding hydrogens is 430 g/mol. The van der Waals surface area contributed by atoms with Gasteiger partial charge in [-0.25, -0.2) is 14.4 Å². The summed E-state index contributed by atoms with van der Waals surface area (Å²) >= 11 is 5.75. The van der Waals surface area contributed by atoms with Crippen molar-refractivity contribution >= 4 is 41.5 Å². The van der Waals surface area contributed by atoms with Crippen LogP contribution in [0.1, 0.15) is 18.1 Å². The Morgan fingerprint density at radius 3 is 2.43 bits per heavy atom. The van der Waals surface area contributed by atoms with Crippen molar-refractivity contribution in [1.82, 2.24) is 15.6 Å². The third-order valence-corrected chi connectivity index (χ3v) is 3.15. The monoisotopic (exact) mass is 448 g/mol. The van der Waals surface area contributed by atoms with Gasteiger partial charge in [0.2, 0.25) is 0 Å². The maximum Gasteiger partial charge on any atom is 0.191 e. The number of hydrogen-bond donors (Lipinski definition) is 2. The van der Waals surface area contributed by atoms with E-state index in [0.717, 1.165) is 17.7 Å². The van der Waals surface area contributed by atoms with Crippen LogP contribution in [0.3, 0.4) is 0 Å². The molecule has 0 aliphatic carbocycles. The fourth-order valence-corrected chi connectivity index (χ4v) is 1.91. The normalized spacial score (nSPS) is 10.8. The Labute approximate surface area is 157 Å². The van der Waals surface area contributed by atoms with E-state index in [1.165, 1.54) is 12.1 Å². The second kappa shape index (κ2) is 10.4. The van der Waals surface area contributed by atoms with Crippen LogP contribution in [0.5, 0.6) is 0 Å². The largest absolute Gasteiger partial charge is 0.357 e. The molecule has 23 heavy (non-hydrogen) atoms. The summed E-state index contributed by atoms with van der Waals surface area (Å²) in [6.45, 7) is 3.83. The van der Waals surface area contributed by atoms with E-state index in [-0.39, 0.29) is 29.8 Å². The standard InChI is InChI=1S/C16H18ClFN4.HI/c1-2-19-16(21-9-12-3-6-14(18)7-4-12)22-11-13-5-8-15(17)20-10-13;/h3-8,10H,2,9,11H2,1H3,(H2,19,21,22);1H. The first-order chi connectivity index (χ1) is 10.7. The maximum absolute atomic E-state index is 12.9. The van der Waals surface area contributed by atoms with Crippen molar-refractivity contribution in [3.63, 3.8) is 0 Å². The number of aromatic nitrogens is 1. The molecule has 2 N–H and O–H groups in total. The van der Waals surface area contributed by atoms with Crippen molar-refractivity contribution in [2.45, 2.75) is 20.0 Å². The number of rotatable bonds is 5. The van der Waals surface area contributed by atoms with E-state index in [1.54, 1.807) is 24.4 Å². The summed E-state index contributed by atoms with van der Waals surface area (Å²) in [6, 6.07) is 10.0. The molecule has 0 aliphatic heterocycles. The molecule has 0 spiro atoms. The molecule has 0 saturated heterocycles. The first-order valence-corrected chi connectivity index (χ1v) is 7.42. The van der Waals surface area contributed by atoms with Crippen LogP contribution < -0.4 is 10.6 Å². The van der Waals surface area contributed by atoms with Crippen LogP contribution in [0.15, 0.2) is 47.6 Å². The molecule has 0 atom stereocenters. The number of nitrogens with one attached hydrogen (secondary N) is 2. The van der Waals surface area contributed by atoms with Crippen LogP contribution in [0.2, 0.25) is 5.15 Å². The molecule has 4 nitrogen and oxygen atoms in total. The van der Waals surface area contributed by atoms with Crippen LogP contribution in [0.4, 0.5) is 4.39 Å². The fourth-order valence-electron chi connectivity index (χ4n) is 1.80. The molecule has 1 aromatic carbocycles. The van der Waals surface area contributed by atoms with Gasteiger partial charge in [0.15, 0.2) is 5.96 Å². The minimum atomic E-state index is -0.237. The van der Waals surface area contributed by atoms with Crippen LogP contribution in [-0.4, -0.2) is 17.5 Å². The summed E-state index contributed by atoms with van der Waals surface area (Å²) in [5, 5.41) is 6.84. The molecule has 0 unspecified atom stereocenters. The van der Waals surface area contributed by atoms with E-state index in [1.807, 2.05) is 13.0 Å². The lowest BCUT2D eigenvalue weighted by atomic mass is 10.2. The molecular formula is C16H19ClFIN4. The molecule has 0 amide bonds. The van der Waals surface area contributed by atoms with E-state index < -0.39 is 0 Å². The Morgan fingerprint density at radius 1 is 1.13 bits per heavy atom. The number of aliphatic imine (C=N–C) groups is 1. The fraction of sp³-hybridized carbons (Fsp3) is 0.250. The lowest BCUT2D eigenvalue weighted by molar-refractivity contribution is 0.626. The minimum Gasteiger partial charge on any atom is -0.357 e. The average Bonchev–Trinajstić information content (AvgIpc) is 2.53. The number of hydrogen-bond acceptors (Lipinski definition) is 2. The Kier molecular flexibility index (Phi) is 8.86. The molecule has 2 aromatic rings. The molecule has 1 aromatic heterocycles. The van der Waals surface area contributed by atoms with Gasteiger partial charge in [-0.1, -0.05) is 29.8 Å². The SMILES string of the molecule is CCNC(=NCc1ccc(Cl)nc1)NCc1ccc(F)cc1.I. The van der Waals surface area contributed by atoms with Gasteiger partial charge in [0.1, 0.15) is 11.0 Å². The molecule has 0 radical (unpaired) electrons. The molecule has 0 saturated carbocycles. The highest BCUT2D eigenvalue weighted by Gasteiger charge is 1.99. The second-order valence-corrected chi connectivity index (χ2v) is 5.05. The molecule has 1 heterocycles. The predicted octanol–water partition coefficient (Wildman–Crippen LogP) is 3.75. The molecule has 124 valence electrons. The lowest BCUT2D eigenvalue weighted by Gasteiger charge is -2.11. The highest BCUT2D eigenvalue weighted by atomic mass is 127. The maximum atomic E-state index is 12.9.